The van der Waals surface area contributed by atoms with Crippen molar-refractivity contribution in [3.8, 4) is 0 Å². The van der Waals surface area contributed by atoms with Crippen LogP contribution in [0.25, 0.3) is 0 Å². The van der Waals surface area contributed by atoms with E-state index in [0.717, 1.165) is 18.4 Å². The average Bonchev–Trinajstić information content (AvgIpc) is 3.13. The summed E-state index contributed by atoms with van der Waals surface area (Å²) in [5.74, 6) is 0.234. The predicted molar refractivity (Wildman–Crippen MR) is 105 cm³/mol. The van der Waals surface area contributed by atoms with E-state index in [9.17, 15) is 4.79 Å². The molecule has 0 radical (unpaired) electrons. The average molecular weight is 386 g/mol. The Bertz CT molecular complexity index is 690. The van der Waals surface area contributed by atoms with Crippen molar-refractivity contribution in [2.75, 3.05) is 18.0 Å². The van der Waals surface area contributed by atoms with Crippen molar-refractivity contribution in [2.45, 2.75) is 32.4 Å². The largest absolute Gasteiger partial charge is 0.459 e. The van der Waals surface area contributed by atoms with E-state index in [0.29, 0.717) is 31.4 Å². The predicted octanol–water partition coefficient (Wildman–Crippen LogP) is 3.15. The summed E-state index contributed by atoms with van der Waals surface area (Å²) in [6.07, 6.45) is 3.38. The molecule has 5 nitrogen and oxygen atoms in total. The Labute approximate surface area is 160 Å². The van der Waals surface area contributed by atoms with Gasteiger partial charge >= 0.3 is 0 Å². The number of hydrogen-bond acceptors (Lipinski definition) is 4. The van der Waals surface area contributed by atoms with Gasteiger partial charge in [0, 0.05) is 30.4 Å². The van der Waals surface area contributed by atoms with Crippen molar-refractivity contribution < 1.29 is 9.21 Å². The number of benzene rings is 1. The number of furan rings is 1. The maximum atomic E-state index is 12.2. The Kier molecular flexibility index (Phi) is 8.29. The van der Waals surface area contributed by atoms with Crippen LogP contribution in [-0.4, -0.2) is 25.0 Å². The summed E-state index contributed by atoms with van der Waals surface area (Å²) >= 11 is 0. The third kappa shape index (κ3) is 4.69. The van der Waals surface area contributed by atoms with Crippen molar-refractivity contribution in [3.05, 3.63) is 53.5 Å². The number of carbonyl (C=O) groups excluding carboxylic acids is 1. The van der Waals surface area contributed by atoms with E-state index >= 15 is 0 Å². The van der Waals surface area contributed by atoms with Crippen molar-refractivity contribution in [3.63, 3.8) is 0 Å². The summed E-state index contributed by atoms with van der Waals surface area (Å²) in [4.78, 5) is 14.6. The summed E-state index contributed by atoms with van der Waals surface area (Å²) < 4.78 is 5.42. The highest BCUT2D eigenvalue weighted by molar-refractivity contribution is 5.93. The number of nitrogens with one attached hydrogen (secondary N) is 1. The molecule has 0 spiro atoms. The molecule has 0 saturated heterocycles. The SMILES string of the molecule is CC1Cc2ccccc2N1Cc1ccoc1C(=O)NCCCN.Cl.Cl. The van der Waals surface area contributed by atoms with Crippen molar-refractivity contribution in [1.82, 2.24) is 5.32 Å². The van der Waals surface area contributed by atoms with Gasteiger partial charge in [0.15, 0.2) is 5.76 Å². The molecule has 1 aliphatic heterocycles. The molecular weight excluding hydrogens is 361 g/mol. The fourth-order valence-electron chi connectivity index (χ4n) is 3.10. The fourth-order valence-corrected chi connectivity index (χ4v) is 3.10. The third-order valence-electron chi connectivity index (χ3n) is 4.31. The van der Waals surface area contributed by atoms with Gasteiger partial charge in [-0.1, -0.05) is 18.2 Å². The molecule has 7 heteroatoms. The lowest BCUT2D eigenvalue weighted by atomic mass is 10.1. The van der Waals surface area contributed by atoms with Gasteiger partial charge < -0.3 is 20.4 Å². The maximum absolute atomic E-state index is 12.2. The molecule has 1 aliphatic rings. The van der Waals surface area contributed by atoms with Crippen LogP contribution >= 0.6 is 24.8 Å². The molecule has 1 amide bonds. The molecule has 138 valence electrons. The number of carbonyl (C=O) groups is 1. The molecule has 3 N–H and O–H groups in total. The number of amides is 1. The van der Waals surface area contributed by atoms with E-state index < -0.39 is 0 Å². The summed E-state index contributed by atoms with van der Waals surface area (Å²) in [5.41, 5.74) is 8.97. The Morgan fingerprint density at radius 2 is 2.08 bits per heavy atom. The van der Waals surface area contributed by atoms with Crippen LogP contribution in [-0.2, 0) is 13.0 Å². The summed E-state index contributed by atoms with van der Waals surface area (Å²) in [6, 6.07) is 10.7. The zero-order valence-electron chi connectivity index (χ0n) is 14.2. The Morgan fingerprint density at radius 1 is 1.32 bits per heavy atom. The number of para-hydroxylation sites is 1. The zero-order chi connectivity index (χ0) is 16.2. The fraction of sp³-hybridized carbons (Fsp3) is 0.389. The Morgan fingerprint density at radius 3 is 2.84 bits per heavy atom. The van der Waals surface area contributed by atoms with Crippen LogP contribution in [0, 0.1) is 0 Å². The number of hydrogen-bond donors (Lipinski definition) is 2. The highest BCUT2D eigenvalue weighted by atomic mass is 35.5. The van der Waals surface area contributed by atoms with E-state index in [4.69, 9.17) is 10.2 Å². The minimum atomic E-state index is -0.168. The molecule has 0 fully saturated rings. The summed E-state index contributed by atoms with van der Waals surface area (Å²) in [5, 5.41) is 2.85. The van der Waals surface area contributed by atoms with Crippen LogP contribution < -0.4 is 16.0 Å². The minimum Gasteiger partial charge on any atom is -0.459 e. The van der Waals surface area contributed by atoms with E-state index in [1.165, 1.54) is 11.3 Å². The molecule has 0 bridgehead atoms. The maximum Gasteiger partial charge on any atom is 0.287 e. The summed E-state index contributed by atoms with van der Waals surface area (Å²) in [7, 11) is 0. The molecule has 2 heterocycles. The number of anilines is 1. The quantitative estimate of drug-likeness (QED) is 0.749. The lowest BCUT2D eigenvalue weighted by Crippen LogP contribution is -2.31. The smallest absolute Gasteiger partial charge is 0.287 e. The number of fused-ring (bicyclic) bond motifs is 1. The van der Waals surface area contributed by atoms with E-state index in [2.05, 4.69) is 41.4 Å². The molecule has 25 heavy (non-hydrogen) atoms. The number of rotatable bonds is 6. The highest BCUT2D eigenvalue weighted by Gasteiger charge is 2.27. The first-order chi connectivity index (χ1) is 11.2. The minimum absolute atomic E-state index is 0. The van der Waals surface area contributed by atoms with Gasteiger partial charge in [-0.05, 0) is 44.0 Å². The molecule has 0 saturated carbocycles. The Hall–Kier alpha value is -1.69. The van der Waals surface area contributed by atoms with Crippen molar-refractivity contribution in [1.29, 1.82) is 0 Å². The topological polar surface area (TPSA) is 71.5 Å². The first-order valence-electron chi connectivity index (χ1n) is 8.10. The van der Waals surface area contributed by atoms with Crippen LogP contribution in [0.15, 0.2) is 41.0 Å². The van der Waals surface area contributed by atoms with E-state index in [-0.39, 0.29) is 30.7 Å². The standard InChI is InChI=1S/C18H23N3O2.2ClH/c1-13-11-14-5-2-3-6-16(14)21(13)12-15-7-10-23-17(15)18(22)20-9-4-8-19;;/h2-3,5-7,10,13H,4,8-9,11-12,19H2,1H3,(H,20,22);2*1H. The van der Waals surface area contributed by atoms with Crippen LogP contribution in [0.3, 0.4) is 0 Å². The first kappa shape index (κ1) is 21.4. The summed E-state index contributed by atoms with van der Waals surface area (Å²) in [6.45, 7) is 4.02. The second-order valence-electron chi connectivity index (χ2n) is 5.98. The van der Waals surface area contributed by atoms with Gasteiger partial charge in [0.2, 0.25) is 0 Å². The van der Waals surface area contributed by atoms with Crippen LogP contribution in [0.5, 0.6) is 0 Å². The van der Waals surface area contributed by atoms with Gasteiger partial charge in [0.05, 0.1) is 6.26 Å². The number of nitrogens with zero attached hydrogens (tertiary/aromatic N) is 1. The Balaban J connectivity index is 0.00000156. The number of nitrogens with two attached hydrogens (primary N) is 1. The zero-order valence-corrected chi connectivity index (χ0v) is 15.9. The molecule has 0 aliphatic carbocycles. The third-order valence-corrected chi connectivity index (χ3v) is 4.31. The lowest BCUT2D eigenvalue weighted by Gasteiger charge is -2.24. The molecule has 1 aromatic carbocycles. The molecule has 1 aromatic heterocycles. The molecular formula is C18H25Cl2N3O2. The van der Waals surface area contributed by atoms with Gasteiger partial charge in [-0.15, -0.1) is 24.8 Å². The van der Waals surface area contributed by atoms with Gasteiger partial charge in [0.25, 0.3) is 5.91 Å². The molecule has 2 aromatic rings. The van der Waals surface area contributed by atoms with E-state index in [1.54, 1.807) is 6.26 Å². The molecule has 1 unspecified atom stereocenters. The van der Waals surface area contributed by atoms with Crippen molar-refractivity contribution in [2.24, 2.45) is 5.73 Å². The normalized spacial score (nSPS) is 15.1. The van der Waals surface area contributed by atoms with Gasteiger partial charge in [0.1, 0.15) is 0 Å². The van der Waals surface area contributed by atoms with E-state index in [1.807, 2.05) is 6.07 Å². The van der Waals surface area contributed by atoms with Crippen LogP contribution in [0.1, 0.15) is 35.0 Å². The number of halogens is 2. The van der Waals surface area contributed by atoms with Gasteiger partial charge in [-0.3, -0.25) is 4.79 Å². The van der Waals surface area contributed by atoms with Crippen LogP contribution in [0.4, 0.5) is 5.69 Å². The monoisotopic (exact) mass is 385 g/mol. The highest BCUT2D eigenvalue weighted by Crippen LogP contribution is 2.33. The van der Waals surface area contributed by atoms with Gasteiger partial charge in [-0.25, -0.2) is 0 Å². The molecule has 1 atom stereocenters. The molecule has 3 rings (SSSR count). The van der Waals surface area contributed by atoms with Gasteiger partial charge in [-0.2, -0.15) is 0 Å². The van der Waals surface area contributed by atoms with Crippen LogP contribution in [0.2, 0.25) is 0 Å². The first-order valence-corrected chi connectivity index (χ1v) is 8.10. The second kappa shape index (κ2) is 9.70. The second-order valence-corrected chi connectivity index (χ2v) is 5.98. The lowest BCUT2D eigenvalue weighted by molar-refractivity contribution is 0.0924. The van der Waals surface area contributed by atoms with Crippen molar-refractivity contribution >= 4 is 36.4 Å².